The Morgan fingerprint density at radius 3 is 1.23 bits per heavy atom. The van der Waals surface area contributed by atoms with Gasteiger partial charge in [0.1, 0.15) is 46.0 Å². The summed E-state index contributed by atoms with van der Waals surface area (Å²) in [6.07, 6.45) is 26.2. The molecule has 19 nitrogen and oxygen atoms in total. The van der Waals surface area contributed by atoms with E-state index in [0.29, 0.717) is 79.9 Å². The molecule has 1 aromatic heterocycles. The van der Waals surface area contributed by atoms with Crippen molar-refractivity contribution in [1.29, 1.82) is 0 Å². The lowest BCUT2D eigenvalue weighted by Crippen LogP contribution is -2.41. The normalized spacial score (nSPS) is 19.3. The molecule has 15 rings (SSSR count). The molecule has 4 heterocycles. The van der Waals surface area contributed by atoms with Gasteiger partial charge in [0.2, 0.25) is 5.69 Å². The van der Waals surface area contributed by atoms with Crippen LogP contribution in [0.25, 0.3) is 0 Å². The summed E-state index contributed by atoms with van der Waals surface area (Å²) in [4.78, 5) is 12.5. The molecule has 0 bridgehead atoms. The number of aromatic hydroxyl groups is 2. The molecule has 121 heavy (non-hydrogen) atoms. The van der Waals surface area contributed by atoms with Gasteiger partial charge in [0, 0.05) is 26.4 Å². The molecule has 3 aliphatic heterocycles. The minimum Gasteiger partial charge on any atom is -0.508 e. The molecular formula is C91H122B3Br3Cl5N3O16. The van der Waals surface area contributed by atoms with E-state index in [4.69, 9.17) is 124 Å². The SMILES string of the molecule is BrCC1CCCC1.CC1(C)OB(B2OC(C)(C)C(C)(C)O2)OC1(C)C.CC1(C)OB(c2ccc(Cl)c(OCC3CCCC3)c2)OC1(C)C.CCOC(=O)c1nnn(Cc2ccc(OC)cc2)c1Oc1ccc(Cl)c(OCC2CCCC2)c1.Clc1ccc(Br)cc1OCC1CCCC1.Oc1cc(Br)ccc1Cl.Oc1ccc(Cl)c(OCC2CCCC2)c1. The average Bonchev–Trinajstić information content (AvgIpc) is 1.55. The molecule has 5 aliphatic carbocycles. The summed E-state index contributed by atoms with van der Waals surface area (Å²) in [5, 5.41) is 30.4. The first kappa shape index (κ1) is 99.9. The second kappa shape index (κ2) is 46.8. The lowest BCUT2D eigenvalue weighted by Gasteiger charge is -2.32. The van der Waals surface area contributed by atoms with E-state index in [1.54, 1.807) is 68.6 Å². The highest BCUT2D eigenvalue weighted by Gasteiger charge is 2.64. The van der Waals surface area contributed by atoms with Gasteiger partial charge in [0.25, 0.3) is 5.88 Å². The molecule has 8 aliphatic rings. The summed E-state index contributed by atoms with van der Waals surface area (Å²) in [6, 6.07) is 33.9. The van der Waals surface area contributed by atoms with E-state index in [1.807, 2.05) is 116 Å². The highest BCUT2D eigenvalue weighted by molar-refractivity contribution is 9.10. The van der Waals surface area contributed by atoms with Crippen molar-refractivity contribution in [2.75, 3.05) is 45.5 Å². The Kier molecular flexibility index (Phi) is 38.6. The van der Waals surface area contributed by atoms with Crippen LogP contribution in [0.2, 0.25) is 25.1 Å². The minimum atomic E-state index is -0.606. The van der Waals surface area contributed by atoms with Crippen molar-refractivity contribution in [2.45, 2.75) is 259 Å². The highest BCUT2D eigenvalue weighted by atomic mass is 79.9. The van der Waals surface area contributed by atoms with Gasteiger partial charge in [-0.1, -0.05) is 193 Å². The number of ether oxygens (including phenoxy) is 7. The third-order valence-corrected chi connectivity index (χ3v) is 27.7. The molecule has 6 aromatic carbocycles. The van der Waals surface area contributed by atoms with Gasteiger partial charge in [-0.05, 0) is 280 Å². The third-order valence-electron chi connectivity index (χ3n) is 24.2. The van der Waals surface area contributed by atoms with Gasteiger partial charge in [-0.25, -0.2) is 9.48 Å². The van der Waals surface area contributed by atoms with Gasteiger partial charge < -0.3 is 71.3 Å². The van der Waals surface area contributed by atoms with Gasteiger partial charge in [-0.3, -0.25) is 0 Å². The first-order valence-corrected chi connectivity index (χ1v) is 47.2. The maximum absolute atomic E-state index is 12.5. The van der Waals surface area contributed by atoms with Crippen LogP contribution in [0.5, 0.6) is 51.9 Å². The van der Waals surface area contributed by atoms with Gasteiger partial charge in [0.15, 0.2) is 0 Å². The number of esters is 1. The lowest BCUT2D eigenvalue weighted by molar-refractivity contribution is 0.00578. The number of rotatable bonds is 22. The Morgan fingerprint density at radius 2 is 0.826 bits per heavy atom. The van der Waals surface area contributed by atoms with Crippen LogP contribution < -0.4 is 33.9 Å². The molecule has 0 atom stereocenters. The van der Waals surface area contributed by atoms with Crippen LogP contribution in [-0.2, 0) is 39.2 Å². The van der Waals surface area contributed by atoms with E-state index >= 15 is 0 Å². The van der Waals surface area contributed by atoms with Crippen molar-refractivity contribution in [3.63, 3.8) is 0 Å². The first-order chi connectivity index (χ1) is 57.4. The number of benzene rings is 6. The molecule has 3 saturated heterocycles. The maximum atomic E-state index is 12.5. The van der Waals surface area contributed by atoms with Gasteiger partial charge in [0.05, 0.1) is 105 Å². The molecule has 5 saturated carbocycles. The zero-order valence-corrected chi connectivity index (χ0v) is 81.2. The standard InChI is InChI=1S/C25H28ClN3O5.C18H26BClO3.C12H24B2O4.C12H14BrClO.C12H15ClO2.C6H4BrClO.C6H11Br/c1-3-32-25(30)23-24(29(28-27-23)15-17-8-10-19(31-2)11-9-17)34-20-12-13-21(26)22(14-20)33-16-18-6-4-5-7-18;1-17(2)18(3,4)23-19(22-17)14-9-10-15(20)16(11-14)21-12-13-7-5-6-8-13;1-9(2)10(3,4)16-13(15-9)14-17-11(5,6)12(7,8)18-14;13-10-5-6-11(14)12(7-10)15-8-9-3-1-2-4-9;13-11-6-5-10(14)7-12(11)15-8-9-3-1-2-4-9;7-4-1-2-5(8)6(9)3-4;7-5-6-3-1-2-4-6/h8-14,18H,3-7,15-16H2,1-2H3;9-11,13H,5-8,12H2,1-4H3;1-8H3;5-7,9H,1-4,8H2;5-7,9,14H,1-4,8H2;1-3,9H;6H,1-5H2. The topological polar surface area (TPSA) is 208 Å². The predicted octanol–water partition coefficient (Wildman–Crippen LogP) is 25.6. The molecule has 30 heteroatoms. The van der Waals surface area contributed by atoms with E-state index in [1.165, 1.54) is 138 Å². The molecule has 2 N–H and O–H groups in total. The quantitative estimate of drug-likeness (QED) is 0.0367. The number of halogens is 8. The number of phenols is 2. The fourth-order valence-corrected chi connectivity index (χ4v) is 16.8. The lowest BCUT2D eigenvalue weighted by atomic mass is 9.49. The van der Waals surface area contributed by atoms with Crippen molar-refractivity contribution in [3.8, 4) is 51.9 Å². The molecule has 0 unspecified atom stereocenters. The maximum Gasteiger partial charge on any atom is 0.494 e. The van der Waals surface area contributed by atoms with Crippen LogP contribution in [0.3, 0.4) is 0 Å². The summed E-state index contributed by atoms with van der Waals surface area (Å²) in [5.41, 5.74) is -0.245. The summed E-state index contributed by atoms with van der Waals surface area (Å²) < 4.78 is 79.2. The molecular weight excluding hydrogens is 1840 g/mol. The summed E-state index contributed by atoms with van der Waals surface area (Å²) in [6.45, 7) is 29.6. The third kappa shape index (κ3) is 29.9. The molecule has 7 aromatic rings. The number of carbonyl (C=O) groups is 1. The number of phenolic OH excluding ortho intramolecular Hbond substituents is 2. The van der Waals surface area contributed by atoms with Crippen molar-refractivity contribution in [2.24, 2.45) is 29.6 Å². The Labute approximate surface area is 769 Å². The predicted molar refractivity (Wildman–Crippen MR) is 498 cm³/mol. The molecule has 662 valence electrons. The Balaban J connectivity index is 0.000000169. The summed E-state index contributed by atoms with van der Waals surface area (Å²) in [7, 11) is 0.278. The van der Waals surface area contributed by atoms with Crippen LogP contribution in [-0.4, -0.2) is 131 Å². The number of carbonyl (C=O) groups excluding carboxylic acids is 1. The largest absolute Gasteiger partial charge is 0.508 e. The molecule has 0 amide bonds. The minimum absolute atomic E-state index is 0.00117. The smallest absolute Gasteiger partial charge is 0.494 e. The van der Waals surface area contributed by atoms with Gasteiger partial charge >= 0.3 is 27.1 Å². The van der Waals surface area contributed by atoms with Gasteiger partial charge in [-0.15, -0.1) is 5.10 Å². The van der Waals surface area contributed by atoms with Crippen LogP contribution >= 0.6 is 106 Å². The summed E-state index contributed by atoms with van der Waals surface area (Å²) >= 11 is 40.2. The van der Waals surface area contributed by atoms with E-state index in [-0.39, 0.29) is 70.4 Å². The fourth-order valence-electron chi connectivity index (χ4n) is 14.6. The summed E-state index contributed by atoms with van der Waals surface area (Å²) in [5.74, 6) is 7.31. The average molecular weight is 1960 g/mol. The first-order valence-electron chi connectivity index (χ1n) is 42.6. The van der Waals surface area contributed by atoms with Crippen molar-refractivity contribution >= 4 is 138 Å². The Hall–Kier alpha value is -4.83. The van der Waals surface area contributed by atoms with Crippen molar-refractivity contribution in [1.82, 2.24) is 15.0 Å². The molecule has 0 radical (unpaired) electrons. The number of hydrogen-bond acceptors (Lipinski definition) is 18. The second-order valence-corrected chi connectivity index (χ2v) is 39.6. The van der Waals surface area contributed by atoms with Crippen LogP contribution in [0.4, 0.5) is 0 Å². The number of methoxy groups -OCH3 is 1. The van der Waals surface area contributed by atoms with Gasteiger partial charge in [-0.2, -0.15) is 0 Å². The zero-order valence-electron chi connectivity index (χ0n) is 72.7. The number of aromatic nitrogens is 3. The monoisotopic (exact) mass is 1960 g/mol. The van der Waals surface area contributed by atoms with Crippen LogP contribution in [0.15, 0.2) is 124 Å². The van der Waals surface area contributed by atoms with E-state index in [0.717, 1.165) is 62.3 Å². The number of alkyl halides is 1. The van der Waals surface area contributed by atoms with E-state index in [2.05, 4.69) is 85.8 Å². The Bertz CT molecular complexity index is 4240. The van der Waals surface area contributed by atoms with E-state index < -0.39 is 20.0 Å². The van der Waals surface area contributed by atoms with Crippen LogP contribution in [0, 0.1) is 29.6 Å². The Morgan fingerprint density at radius 1 is 0.463 bits per heavy atom. The number of hydrogen-bond donors (Lipinski definition) is 2. The number of nitrogens with zero attached hydrogens (tertiary/aromatic N) is 3. The zero-order chi connectivity index (χ0) is 87.9. The van der Waals surface area contributed by atoms with Crippen molar-refractivity contribution in [3.05, 3.63) is 161 Å². The molecule has 0 spiro atoms. The molecule has 8 fully saturated rings. The van der Waals surface area contributed by atoms with Crippen LogP contribution in [0.1, 0.15) is 234 Å². The second-order valence-electron chi connectivity index (χ2n) is 35.1. The fraction of sp³-hybridized carbons (Fsp3) is 0.571. The van der Waals surface area contributed by atoms with Crippen molar-refractivity contribution < 1.29 is 76.1 Å². The van der Waals surface area contributed by atoms with E-state index in [9.17, 15) is 9.90 Å². The highest BCUT2D eigenvalue weighted by Crippen LogP contribution is 2.45.